The molecule has 1 aliphatic rings. The van der Waals surface area contributed by atoms with Crippen molar-refractivity contribution in [3.8, 4) is 0 Å². The molecule has 1 atom stereocenters. The van der Waals surface area contributed by atoms with Crippen molar-refractivity contribution in [1.82, 2.24) is 14.7 Å². The molecule has 1 aromatic rings. The Morgan fingerprint density at radius 1 is 1.56 bits per heavy atom. The van der Waals surface area contributed by atoms with Crippen molar-refractivity contribution in [1.29, 1.82) is 0 Å². The van der Waals surface area contributed by atoms with Gasteiger partial charge in [0.25, 0.3) is 0 Å². The minimum atomic E-state index is -0.746. The number of hydrogen-bond acceptors (Lipinski definition) is 3. The second kappa shape index (κ2) is 5.28. The number of carbonyl (C=O) groups is 1. The second-order valence-electron chi connectivity index (χ2n) is 4.79. The lowest BCUT2D eigenvalue weighted by Gasteiger charge is -2.32. The van der Waals surface area contributed by atoms with Crippen molar-refractivity contribution in [2.75, 3.05) is 6.54 Å². The van der Waals surface area contributed by atoms with Gasteiger partial charge in [0.2, 0.25) is 0 Å². The molecule has 0 spiro atoms. The Hall–Kier alpha value is -1.07. The Morgan fingerprint density at radius 2 is 2.28 bits per heavy atom. The summed E-state index contributed by atoms with van der Waals surface area (Å²) in [4.78, 5) is 13.2. The SMILES string of the molecule is Cc1nn(C)c(CN2CCCCC2C(=O)O)c1Cl. The molecule has 18 heavy (non-hydrogen) atoms. The summed E-state index contributed by atoms with van der Waals surface area (Å²) in [5.74, 6) is -0.746. The molecule has 2 heterocycles. The first kappa shape index (κ1) is 13.4. The first-order valence-corrected chi connectivity index (χ1v) is 6.53. The summed E-state index contributed by atoms with van der Waals surface area (Å²) >= 11 is 6.20. The third-order valence-electron chi connectivity index (χ3n) is 3.51. The fourth-order valence-corrected chi connectivity index (χ4v) is 2.72. The highest BCUT2D eigenvalue weighted by Gasteiger charge is 2.29. The summed E-state index contributed by atoms with van der Waals surface area (Å²) in [6.07, 6.45) is 2.73. The van der Waals surface area contributed by atoms with Gasteiger partial charge in [0.05, 0.1) is 16.4 Å². The van der Waals surface area contributed by atoms with Gasteiger partial charge < -0.3 is 5.11 Å². The quantitative estimate of drug-likeness (QED) is 0.911. The molecule has 0 aliphatic carbocycles. The van der Waals surface area contributed by atoms with Gasteiger partial charge in [-0.15, -0.1) is 0 Å². The topological polar surface area (TPSA) is 58.4 Å². The van der Waals surface area contributed by atoms with Crippen molar-refractivity contribution in [3.63, 3.8) is 0 Å². The predicted molar refractivity (Wildman–Crippen MR) is 68.6 cm³/mol. The molecular formula is C12H18ClN3O2. The number of likely N-dealkylation sites (tertiary alicyclic amines) is 1. The van der Waals surface area contributed by atoms with Crippen molar-refractivity contribution < 1.29 is 9.90 Å². The van der Waals surface area contributed by atoms with Crippen LogP contribution in [-0.4, -0.2) is 38.3 Å². The first-order chi connectivity index (χ1) is 8.50. The maximum absolute atomic E-state index is 11.2. The van der Waals surface area contributed by atoms with Crippen molar-refractivity contribution in [3.05, 3.63) is 16.4 Å². The highest BCUT2D eigenvalue weighted by atomic mass is 35.5. The van der Waals surface area contributed by atoms with E-state index in [0.717, 1.165) is 30.8 Å². The fraction of sp³-hybridized carbons (Fsp3) is 0.667. The van der Waals surface area contributed by atoms with Gasteiger partial charge in [-0.3, -0.25) is 14.4 Å². The van der Waals surface area contributed by atoms with Crippen molar-refractivity contribution >= 4 is 17.6 Å². The zero-order valence-electron chi connectivity index (χ0n) is 10.7. The number of nitrogens with zero attached hydrogens (tertiary/aromatic N) is 3. The molecule has 0 saturated carbocycles. The number of piperidine rings is 1. The lowest BCUT2D eigenvalue weighted by molar-refractivity contribution is -0.144. The Labute approximate surface area is 111 Å². The molecule has 5 nitrogen and oxygen atoms in total. The maximum Gasteiger partial charge on any atom is 0.320 e. The smallest absolute Gasteiger partial charge is 0.320 e. The molecule has 2 rings (SSSR count). The summed E-state index contributed by atoms with van der Waals surface area (Å²) in [7, 11) is 1.84. The number of aryl methyl sites for hydroxylation is 2. The van der Waals surface area contributed by atoms with Crippen LogP contribution >= 0.6 is 11.6 Å². The monoisotopic (exact) mass is 271 g/mol. The van der Waals surface area contributed by atoms with E-state index >= 15 is 0 Å². The van der Waals surface area contributed by atoms with Crippen LogP contribution in [0.15, 0.2) is 0 Å². The Kier molecular flexibility index (Phi) is 3.92. The van der Waals surface area contributed by atoms with Crippen LogP contribution in [0.4, 0.5) is 0 Å². The lowest BCUT2D eigenvalue weighted by atomic mass is 10.0. The van der Waals surface area contributed by atoms with Gasteiger partial charge in [-0.05, 0) is 26.3 Å². The third kappa shape index (κ3) is 2.52. The molecule has 6 heteroatoms. The van der Waals surface area contributed by atoms with Crippen molar-refractivity contribution in [2.45, 2.75) is 38.8 Å². The molecule has 1 saturated heterocycles. The van der Waals surface area contributed by atoms with Crippen LogP contribution < -0.4 is 0 Å². The van der Waals surface area contributed by atoms with E-state index in [1.54, 1.807) is 4.68 Å². The van der Waals surface area contributed by atoms with Crippen LogP contribution in [0, 0.1) is 6.92 Å². The molecule has 1 unspecified atom stereocenters. The summed E-state index contributed by atoms with van der Waals surface area (Å²) in [5, 5.41) is 14.1. The van der Waals surface area contributed by atoms with Crippen molar-refractivity contribution in [2.24, 2.45) is 7.05 Å². The fourth-order valence-electron chi connectivity index (χ4n) is 2.50. The minimum absolute atomic E-state index is 0.398. The molecule has 1 N–H and O–H groups in total. The van der Waals surface area contributed by atoms with E-state index in [2.05, 4.69) is 5.10 Å². The van der Waals surface area contributed by atoms with Crippen LogP contribution in [0.2, 0.25) is 5.02 Å². The van der Waals surface area contributed by atoms with E-state index in [4.69, 9.17) is 11.6 Å². The standard InChI is InChI=1S/C12H18ClN3O2/c1-8-11(13)10(15(2)14-8)7-16-6-4-3-5-9(16)12(17)18/h9H,3-7H2,1-2H3,(H,17,18). The molecule has 1 aromatic heterocycles. The Balaban J connectivity index is 2.18. The molecule has 100 valence electrons. The molecular weight excluding hydrogens is 254 g/mol. The summed E-state index contributed by atoms with van der Waals surface area (Å²) in [5.41, 5.74) is 1.68. The maximum atomic E-state index is 11.2. The van der Waals surface area contributed by atoms with Crippen LogP contribution in [0.3, 0.4) is 0 Å². The number of halogens is 1. The zero-order chi connectivity index (χ0) is 13.3. The number of carboxylic acid groups (broad SMARTS) is 1. The van der Waals surface area contributed by atoms with E-state index in [9.17, 15) is 9.90 Å². The molecule has 0 bridgehead atoms. The number of hydrogen-bond donors (Lipinski definition) is 1. The summed E-state index contributed by atoms with van der Waals surface area (Å²) in [6.45, 7) is 3.21. The number of aliphatic carboxylic acids is 1. The van der Waals surface area contributed by atoms with Gasteiger partial charge in [-0.1, -0.05) is 18.0 Å². The number of aromatic nitrogens is 2. The minimum Gasteiger partial charge on any atom is -0.480 e. The van der Waals surface area contributed by atoms with Gasteiger partial charge in [-0.25, -0.2) is 0 Å². The normalized spacial score (nSPS) is 21.2. The lowest BCUT2D eigenvalue weighted by Crippen LogP contribution is -2.44. The zero-order valence-corrected chi connectivity index (χ0v) is 11.4. The van der Waals surface area contributed by atoms with Crippen LogP contribution in [0.25, 0.3) is 0 Å². The highest BCUT2D eigenvalue weighted by molar-refractivity contribution is 6.31. The van der Waals surface area contributed by atoms with E-state index in [0.29, 0.717) is 18.0 Å². The van der Waals surface area contributed by atoms with Crippen LogP contribution in [-0.2, 0) is 18.4 Å². The largest absolute Gasteiger partial charge is 0.480 e. The van der Waals surface area contributed by atoms with Crippen LogP contribution in [0.1, 0.15) is 30.7 Å². The van der Waals surface area contributed by atoms with Crippen LogP contribution in [0.5, 0.6) is 0 Å². The highest BCUT2D eigenvalue weighted by Crippen LogP contribution is 2.25. The molecule has 1 fully saturated rings. The number of carboxylic acids is 1. The third-order valence-corrected chi connectivity index (χ3v) is 4.00. The van der Waals surface area contributed by atoms with Gasteiger partial charge in [0.1, 0.15) is 6.04 Å². The average Bonchev–Trinajstić information content (AvgIpc) is 2.56. The Morgan fingerprint density at radius 3 is 2.83 bits per heavy atom. The van der Waals surface area contributed by atoms with E-state index in [1.807, 2.05) is 18.9 Å². The van der Waals surface area contributed by atoms with E-state index in [-0.39, 0.29) is 0 Å². The first-order valence-electron chi connectivity index (χ1n) is 6.15. The predicted octanol–water partition coefficient (Wildman–Crippen LogP) is 1.82. The summed E-state index contributed by atoms with van der Waals surface area (Å²) in [6, 6.07) is -0.398. The van der Waals surface area contributed by atoms with Gasteiger partial charge >= 0.3 is 5.97 Å². The molecule has 1 aliphatic heterocycles. The van der Waals surface area contributed by atoms with Gasteiger partial charge in [0, 0.05) is 13.6 Å². The molecule has 0 aromatic carbocycles. The second-order valence-corrected chi connectivity index (χ2v) is 5.17. The molecule has 0 amide bonds. The molecule has 0 radical (unpaired) electrons. The van der Waals surface area contributed by atoms with E-state index in [1.165, 1.54) is 0 Å². The average molecular weight is 272 g/mol. The Bertz CT molecular complexity index is 458. The van der Waals surface area contributed by atoms with E-state index < -0.39 is 12.0 Å². The van der Waals surface area contributed by atoms with Gasteiger partial charge in [-0.2, -0.15) is 5.10 Å². The summed E-state index contributed by atoms with van der Waals surface area (Å²) < 4.78 is 1.74. The van der Waals surface area contributed by atoms with Gasteiger partial charge in [0.15, 0.2) is 0 Å². The number of rotatable bonds is 3.